The lowest BCUT2D eigenvalue weighted by molar-refractivity contribution is 0.287. The Morgan fingerprint density at radius 2 is 1.95 bits per heavy atom. The molecular weight excluding hydrogens is 256 g/mol. The van der Waals surface area contributed by atoms with Gasteiger partial charge in [-0.15, -0.1) is 0 Å². The number of nitrogen functional groups attached to an aromatic ring is 1. The van der Waals surface area contributed by atoms with Gasteiger partial charge >= 0.3 is 0 Å². The molecule has 100 valence electrons. The summed E-state index contributed by atoms with van der Waals surface area (Å²) in [5.74, 6) is 1.47. The van der Waals surface area contributed by atoms with E-state index in [1.807, 2.05) is 30.3 Å². The van der Waals surface area contributed by atoms with Gasteiger partial charge in [0.15, 0.2) is 12.3 Å². The van der Waals surface area contributed by atoms with Crippen molar-refractivity contribution in [3.63, 3.8) is 0 Å². The van der Waals surface area contributed by atoms with Gasteiger partial charge in [0.25, 0.3) is 5.89 Å². The van der Waals surface area contributed by atoms with Crippen LogP contribution in [0, 0.1) is 0 Å². The number of benzene rings is 1. The second kappa shape index (κ2) is 5.40. The first-order valence-electron chi connectivity index (χ1n) is 6.04. The van der Waals surface area contributed by atoms with Crippen LogP contribution in [0.25, 0.3) is 11.6 Å². The number of hydrogen-bond donors (Lipinski definition) is 1. The van der Waals surface area contributed by atoms with Crippen LogP contribution < -0.4 is 10.5 Å². The Bertz CT molecular complexity index is 697. The zero-order valence-electron chi connectivity index (χ0n) is 10.6. The number of nitrogens with zero attached hydrogens (tertiary/aromatic N) is 3. The van der Waals surface area contributed by atoms with Crippen LogP contribution in [0.15, 0.2) is 53.2 Å². The van der Waals surface area contributed by atoms with Crippen LogP contribution in [0.1, 0.15) is 5.82 Å². The van der Waals surface area contributed by atoms with E-state index in [1.165, 1.54) is 0 Å². The summed E-state index contributed by atoms with van der Waals surface area (Å²) in [6, 6.07) is 12.9. The van der Waals surface area contributed by atoms with Crippen molar-refractivity contribution in [2.75, 3.05) is 5.73 Å². The summed E-state index contributed by atoms with van der Waals surface area (Å²) in [6.45, 7) is 0.222. The molecule has 6 nitrogen and oxygen atoms in total. The molecule has 6 heteroatoms. The Labute approximate surface area is 115 Å². The molecule has 2 N–H and O–H groups in total. The third-order valence-corrected chi connectivity index (χ3v) is 2.62. The lowest BCUT2D eigenvalue weighted by atomic mass is 10.3. The Balaban J connectivity index is 1.73. The number of rotatable bonds is 4. The van der Waals surface area contributed by atoms with Gasteiger partial charge in [-0.05, 0) is 24.3 Å². The van der Waals surface area contributed by atoms with E-state index >= 15 is 0 Å². The molecule has 0 amide bonds. The van der Waals surface area contributed by atoms with Crippen molar-refractivity contribution in [3.05, 3.63) is 54.5 Å². The van der Waals surface area contributed by atoms with Crippen molar-refractivity contribution >= 4 is 5.69 Å². The average molecular weight is 268 g/mol. The molecule has 3 aromatic rings. The molecule has 0 saturated carbocycles. The monoisotopic (exact) mass is 268 g/mol. The SMILES string of the molecule is Nc1cccnc1-c1nc(COc2ccccc2)no1. The number of anilines is 1. The van der Waals surface area contributed by atoms with Crippen molar-refractivity contribution in [1.29, 1.82) is 0 Å². The molecule has 0 spiro atoms. The smallest absolute Gasteiger partial charge is 0.278 e. The largest absolute Gasteiger partial charge is 0.485 e. The molecule has 3 rings (SSSR count). The van der Waals surface area contributed by atoms with Crippen LogP contribution in [-0.4, -0.2) is 15.1 Å². The molecule has 0 fully saturated rings. The molecule has 20 heavy (non-hydrogen) atoms. The first kappa shape index (κ1) is 12.2. The number of para-hydroxylation sites is 1. The minimum absolute atomic E-state index is 0.222. The van der Waals surface area contributed by atoms with Crippen molar-refractivity contribution < 1.29 is 9.26 Å². The number of aromatic nitrogens is 3. The molecular formula is C14H12N4O2. The van der Waals surface area contributed by atoms with E-state index in [-0.39, 0.29) is 12.5 Å². The minimum atomic E-state index is 0.222. The summed E-state index contributed by atoms with van der Waals surface area (Å²) >= 11 is 0. The highest BCUT2D eigenvalue weighted by atomic mass is 16.5. The standard InChI is InChI=1S/C14H12N4O2/c15-11-7-4-8-16-13(11)14-17-12(18-20-14)9-19-10-5-2-1-3-6-10/h1-8H,9,15H2. The molecule has 0 aliphatic carbocycles. The fraction of sp³-hybridized carbons (Fsp3) is 0.0714. The van der Waals surface area contributed by atoms with E-state index in [1.54, 1.807) is 18.3 Å². The molecule has 0 unspecified atom stereocenters. The lowest BCUT2D eigenvalue weighted by Gasteiger charge is -2.01. The van der Waals surface area contributed by atoms with Gasteiger partial charge in [0, 0.05) is 6.20 Å². The maximum atomic E-state index is 5.81. The van der Waals surface area contributed by atoms with Gasteiger partial charge in [0.05, 0.1) is 5.69 Å². The minimum Gasteiger partial charge on any atom is -0.485 e. The third kappa shape index (κ3) is 2.59. The summed E-state index contributed by atoms with van der Waals surface area (Å²) in [6.07, 6.45) is 1.62. The summed E-state index contributed by atoms with van der Waals surface area (Å²) in [5, 5.41) is 3.84. The highest BCUT2D eigenvalue weighted by molar-refractivity contribution is 5.65. The van der Waals surface area contributed by atoms with E-state index in [0.717, 1.165) is 5.75 Å². The zero-order valence-corrected chi connectivity index (χ0v) is 10.6. The maximum Gasteiger partial charge on any atom is 0.278 e. The second-order valence-electron chi connectivity index (χ2n) is 4.06. The number of pyridine rings is 1. The van der Waals surface area contributed by atoms with Crippen LogP contribution in [0.3, 0.4) is 0 Å². The molecule has 0 atom stereocenters. The van der Waals surface area contributed by atoms with Gasteiger partial charge in [-0.3, -0.25) is 0 Å². The Morgan fingerprint density at radius 3 is 2.75 bits per heavy atom. The Morgan fingerprint density at radius 1 is 1.10 bits per heavy atom. The number of ether oxygens (including phenoxy) is 1. The van der Waals surface area contributed by atoms with E-state index in [9.17, 15) is 0 Å². The molecule has 2 aromatic heterocycles. The molecule has 0 bridgehead atoms. The first-order chi connectivity index (χ1) is 9.83. The van der Waals surface area contributed by atoms with Crippen LogP contribution in [0.4, 0.5) is 5.69 Å². The predicted octanol–water partition coefficient (Wildman–Crippen LogP) is 2.29. The van der Waals surface area contributed by atoms with Crippen LogP contribution in [0.5, 0.6) is 5.75 Å². The summed E-state index contributed by atoms with van der Waals surface area (Å²) in [4.78, 5) is 8.33. The maximum absolute atomic E-state index is 5.81. The fourth-order valence-corrected chi connectivity index (χ4v) is 1.67. The number of nitrogens with two attached hydrogens (primary N) is 1. The second-order valence-corrected chi connectivity index (χ2v) is 4.06. The van der Waals surface area contributed by atoms with E-state index in [4.69, 9.17) is 15.0 Å². The topological polar surface area (TPSA) is 87.1 Å². The number of hydrogen-bond acceptors (Lipinski definition) is 6. The lowest BCUT2D eigenvalue weighted by Crippen LogP contribution is -1.97. The summed E-state index contributed by atoms with van der Waals surface area (Å²) < 4.78 is 10.7. The van der Waals surface area contributed by atoms with Gasteiger partial charge in [-0.25, -0.2) is 4.98 Å². The fourth-order valence-electron chi connectivity index (χ4n) is 1.67. The molecule has 0 aliphatic heterocycles. The van der Waals surface area contributed by atoms with Crippen molar-refractivity contribution in [3.8, 4) is 17.3 Å². The molecule has 0 aliphatic rings. The van der Waals surface area contributed by atoms with Gasteiger partial charge in [0.1, 0.15) is 5.75 Å². The highest BCUT2D eigenvalue weighted by Crippen LogP contribution is 2.21. The molecule has 1 aromatic carbocycles. The molecule has 2 heterocycles. The van der Waals surface area contributed by atoms with Gasteiger partial charge < -0.3 is 15.0 Å². The van der Waals surface area contributed by atoms with Crippen LogP contribution >= 0.6 is 0 Å². The Kier molecular flexibility index (Phi) is 3.28. The Hall–Kier alpha value is -2.89. The van der Waals surface area contributed by atoms with Crippen molar-refractivity contribution in [2.24, 2.45) is 0 Å². The molecule has 0 radical (unpaired) electrons. The van der Waals surface area contributed by atoms with Gasteiger partial charge in [0.2, 0.25) is 5.82 Å². The highest BCUT2D eigenvalue weighted by Gasteiger charge is 2.12. The predicted molar refractivity (Wildman–Crippen MR) is 72.7 cm³/mol. The zero-order chi connectivity index (χ0) is 13.8. The summed E-state index contributed by atoms with van der Waals surface area (Å²) in [7, 11) is 0. The average Bonchev–Trinajstić information content (AvgIpc) is 2.95. The van der Waals surface area contributed by atoms with E-state index in [2.05, 4.69) is 15.1 Å². The van der Waals surface area contributed by atoms with E-state index < -0.39 is 0 Å². The van der Waals surface area contributed by atoms with Crippen molar-refractivity contribution in [2.45, 2.75) is 6.61 Å². The van der Waals surface area contributed by atoms with Gasteiger partial charge in [-0.2, -0.15) is 4.98 Å². The van der Waals surface area contributed by atoms with Crippen LogP contribution in [-0.2, 0) is 6.61 Å². The first-order valence-corrected chi connectivity index (χ1v) is 6.04. The van der Waals surface area contributed by atoms with Crippen LogP contribution in [0.2, 0.25) is 0 Å². The summed E-state index contributed by atoms with van der Waals surface area (Å²) in [5.41, 5.74) is 6.78. The normalized spacial score (nSPS) is 10.4. The van der Waals surface area contributed by atoms with Gasteiger partial charge in [-0.1, -0.05) is 23.4 Å². The quantitative estimate of drug-likeness (QED) is 0.781. The van der Waals surface area contributed by atoms with Crippen molar-refractivity contribution in [1.82, 2.24) is 15.1 Å². The van der Waals surface area contributed by atoms with E-state index in [0.29, 0.717) is 17.2 Å². The third-order valence-electron chi connectivity index (χ3n) is 2.62. The molecule has 0 saturated heterocycles.